The predicted octanol–water partition coefficient (Wildman–Crippen LogP) is 4.69. The van der Waals surface area contributed by atoms with E-state index in [1.807, 2.05) is 60.7 Å². The second-order valence-electron chi connectivity index (χ2n) is 7.06. The molecule has 0 N–H and O–H groups in total. The normalized spacial score (nSPS) is 12.7. The highest BCUT2D eigenvalue weighted by molar-refractivity contribution is 6.30. The lowest BCUT2D eigenvalue weighted by Crippen LogP contribution is -2.45. The number of ketones is 2. The van der Waals surface area contributed by atoms with Crippen molar-refractivity contribution in [2.45, 2.75) is 19.3 Å². The average molecular weight is 405 g/mol. The highest BCUT2D eigenvalue weighted by atomic mass is 35.5. The molecule has 1 atom stereocenters. The molecule has 0 spiro atoms. The van der Waals surface area contributed by atoms with Crippen LogP contribution in [0.1, 0.15) is 16.7 Å². The summed E-state index contributed by atoms with van der Waals surface area (Å²) in [6.45, 7) is 0. The predicted molar refractivity (Wildman–Crippen MR) is 114 cm³/mol. The summed E-state index contributed by atoms with van der Waals surface area (Å²) in [5.74, 6) is -0.791. The first kappa shape index (κ1) is 20.7. The van der Waals surface area contributed by atoms with Crippen molar-refractivity contribution in [3.63, 3.8) is 0 Å². The molecule has 4 heteroatoms. The van der Waals surface area contributed by atoms with Crippen molar-refractivity contribution in [1.29, 1.82) is 0 Å². The van der Waals surface area contributed by atoms with Crippen LogP contribution in [0.15, 0.2) is 84.9 Å². The van der Waals surface area contributed by atoms with E-state index in [1.165, 1.54) is 0 Å². The maximum Gasteiger partial charge on any atom is 0.158 e. The fourth-order valence-corrected chi connectivity index (χ4v) is 3.45. The topological polar surface area (TPSA) is 51.2 Å². The van der Waals surface area contributed by atoms with Crippen molar-refractivity contribution in [3.8, 4) is 0 Å². The molecule has 0 radical (unpaired) electrons. The van der Waals surface area contributed by atoms with Crippen molar-refractivity contribution in [2.75, 3.05) is 0 Å². The van der Waals surface area contributed by atoms with Crippen LogP contribution in [0.2, 0.25) is 5.02 Å². The van der Waals surface area contributed by atoms with Crippen molar-refractivity contribution >= 4 is 29.5 Å². The molecular weight excluding hydrogens is 384 g/mol. The van der Waals surface area contributed by atoms with Crippen molar-refractivity contribution in [2.24, 2.45) is 5.41 Å². The fourth-order valence-electron chi connectivity index (χ4n) is 3.33. The van der Waals surface area contributed by atoms with Gasteiger partial charge in [-0.15, -0.1) is 0 Å². The molecule has 1 unspecified atom stereocenters. The standard InChI is InChI=1S/C25H21ClO3/c26-22-13-11-20(12-14-22)16-24(29)25(18-27,17-21-9-5-2-6-10-21)23(28)15-19-7-3-1-4-8-19/h1-14,18H,15-17H2. The molecule has 146 valence electrons. The van der Waals surface area contributed by atoms with Crippen molar-refractivity contribution in [1.82, 2.24) is 0 Å². The van der Waals surface area contributed by atoms with Crippen LogP contribution in [0.5, 0.6) is 0 Å². The monoisotopic (exact) mass is 404 g/mol. The average Bonchev–Trinajstić information content (AvgIpc) is 2.75. The second kappa shape index (κ2) is 9.44. The van der Waals surface area contributed by atoms with Gasteiger partial charge in [0.15, 0.2) is 11.6 Å². The Hall–Kier alpha value is -3.04. The summed E-state index contributed by atoms with van der Waals surface area (Å²) in [5, 5.41) is 0.562. The smallest absolute Gasteiger partial charge is 0.158 e. The fraction of sp³-hybridized carbons (Fsp3) is 0.160. The number of carbonyl (C=O) groups is 3. The molecular formula is C25H21ClO3. The van der Waals surface area contributed by atoms with Gasteiger partial charge in [-0.05, 0) is 35.2 Å². The maximum atomic E-state index is 13.3. The van der Waals surface area contributed by atoms with Gasteiger partial charge in [0, 0.05) is 17.9 Å². The van der Waals surface area contributed by atoms with E-state index in [2.05, 4.69) is 0 Å². The minimum Gasteiger partial charge on any atom is -0.302 e. The van der Waals surface area contributed by atoms with Gasteiger partial charge in [0.25, 0.3) is 0 Å². The molecule has 3 rings (SSSR count). The van der Waals surface area contributed by atoms with Crippen molar-refractivity contribution in [3.05, 3.63) is 107 Å². The van der Waals surface area contributed by atoms with Gasteiger partial charge in [-0.1, -0.05) is 84.4 Å². The number of rotatable bonds is 9. The summed E-state index contributed by atoms with van der Waals surface area (Å²) in [4.78, 5) is 38.9. The quantitative estimate of drug-likeness (QED) is 0.384. The molecule has 3 aromatic carbocycles. The Bertz CT molecular complexity index is 982. The van der Waals surface area contributed by atoms with Gasteiger partial charge >= 0.3 is 0 Å². The maximum absolute atomic E-state index is 13.3. The third-order valence-corrected chi connectivity index (χ3v) is 5.26. The van der Waals surface area contributed by atoms with E-state index in [1.54, 1.807) is 24.3 Å². The van der Waals surface area contributed by atoms with Crippen LogP contribution in [0.25, 0.3) is 0 Å². The van der Waals surface area contributed by atoms with E-state index < -0.39 is 11.2 Å². The van der Waals surface area contributed by atoms with Crippen LogP contribution in [-0.4, -0.2) is 17.9 Å². The van der Waals surface area contributed by atoms with Crippen LogP contribution in [-0.2, 0) is 33.6 Å². The Morgan fingerprint density at radius 2 is 1.14 bits per heavy atom. The second-order valence-corrected chi connectivity index (χ2v) is 7.50. The summed E-state index contributed by atoms with van der Waals surface area (Å²) in [7, 11) is 0. The first-order chi connectivity index (χ1) is 14.0. The van der Waals surface area contributed by atoms with Crippen LogP contribution < -0.4 is 0 Å². The molecule has 0 fully saturated rings. The summed E-state index contributed by atoms with van der Waals surface area (Å²) < 4.78 is 0. The molecule has 0 amide bonds. The van der Waals surface area contributed by atoms with Gasteiger partial charge in [0.05, 0.1) is 0 Å². The van der Waals surface area contributed by atoms with Gasteiger partial charge in [-0.25, -0.2) is 0 Å². The van der Waals surface area contributed by atoms with Gasteiger partial charge in [-0.2, -0.15) is 0 Å². The largest absolute Gasteiger partial charge is 0.302 e. The van der Waals surface area contributed by atoms with Crippen LogP contribution in [0.3, 0.4) is 0 Å². The number of benzene rings is 3. The Morgan fingerprint density at radius 1 is 0.690 bits per heavy atom. The Balaban J connectivity index is 1.94. The molecule has 0 aliphatic carbocycles. The Kier molecular flexibility index (Phi) is 6.73. The van der Waals surface area contributed by atoms with Crippen LogP contribution in [0.4, 0.5) is 0 Å². The number of hydrogen-bond acceptors (Lipinski definition) is 3. The third-order valence-electron chi connectivity index (χ3n) is 5.01. The van der Waals surface area contributed by atoms with E-state index >= 15 is 0 Å². The summed E-state index contributed by atoms with van der Waals surface area (Å²) in [5.41, 5.74) is 0.532. The van der Waals surface area contributed by atoms with Gasteiger partial charge in [0.2, 0.25) is 0 Å². The van der Waals surface area contributed by atoms with Crippen LogP contribution >= 0.6 is 11.6 Å². The lowest BCUT2D eigenvalue weighted by Gasteiger charge is -2.26. The SMILES string of the molecule is O=CC(Cc1ccccc1)(C(=O)Cc1ccccc1)C(=O)Cc1ccc(Cl)cc1. The number of aldehydes is 1. The molecule has 0 aromatic heterocycles. The molecule has 3 nitrogen and oxygen atoms in total. The minimum absolute atomic E-state index is 0.0106. The molecule has 29 heavy (non-hydrogen) atoms. The highest BCUT2D eigenvalue weighted by Crippen LogP contribution is 2.28. The molecule has 0 saturated heterocycles. The lowest BCUT2D eigenvalue weighted by atomic mass is 9.72. The van der Waals surface area contributed by atoms with E-state index in [0.29, 0.717) is 16.9 Å². The first-order valence-corrected chi connectivity index (χ1v) is 9.76. The lowest BCUT2D eigenvalue weighted by molar-refractivity contribution is -0.143. The minimum atomic E-state index is -1.73. The van der Waals surface area contributed by atoms with Gasteiger partial charge in [0.1, 0.15) is 11.7 Å². The van der Waals surface area contributed by atoms with Gasteiger partial charge in [-0.3, -0.25) is 9.59 Å². The molecule has 0 bridgehead atoms. The Labute approximate surface area is 175 Å². The zero-order valence-corrected chi connectivity index (χ0v) is 16.6. The zero-order chi connectivity index (χ0) is 20.7. The first-order valence-electron chi connectivity index (χ1n) is 9.39. The van der Waals surface area contributed by atoms with E-state index in [-0.39, 0.29) is 25.0 Å². The number of Topliss-reactive ketones (excluding diaryl/α,β-unsaturated/α-hetero) is 2. The van der Waals surface area contributed by atoms with E-state index in [4.69, 9.17) is 11.6 Å². The number of hydrogen-bond donors (Lipinski definition) is 0. The number of carbonyl (C=O) groups excluding carboxylic acids is 3. The van der Waals surface area contributed by atoms with E-state index in [0.717, 1.165) is 11.1 Å². The molecule has 0 heterocycles. The summed E-state index contributed by atoms with van der Waals surface area (Å²) in [6.07, 6.45) is 0.598. The molecule has 0 aliphatic heterocycles. The zero-order valence-electron chi connectivity index (χ0n) is 15.9. The summed E-state index contributed by atoms with van der Waals surface area (Å²) >= 11 is 5.92. The highest BCUT2D eigenvalue weighted by Gasteiger charge is 2.44. The molecule has 0 aliphatic rings. The molecule has 0 saturated carbocycles. The van der Waals surface area contributed by atoms with Gasteiger partial charge < -0.3 is 4.79 Å². The van der Waals surface area contributed by atoms with Crippen molar-refractivity contribution < 1.29 is 14.4 Å². The Morgan fingerprint density at radius 3 is 1.62 bits per heavy atom. The van der Waals surface area contributed by atoms with Crippen LogP contribution in [0, 0.1) is 5.41 Å². The summed E-state index contributed by atoms with van der Waals surface area (Å²) in [6, 6.07) is 25.2. The van der Waals surface area contributed by atoms with E-state index in [9.17, 15) is 14.4 Å². The number of halogens is 1. The third kappa shape index (κ3) is 5.07. The molecule has 3 aromatic rings.